The van der Waals surface area contributed by atoms with Gasteiger partial charge in [0.15, 0.2) is 0 Å². The van der Waals surface area contributed by atoms with E-state index in [4.69, 9.17) is 4.74 Å². The molecule has 1 aromatic rings. The number of benzene rings is 1. The molecule has 0 N–H and O–H groups in total. The molecule has 0 spiro atoms. The number of rotatable bonds is 4. The summed E-state index contributed by atoms with van der Waals surface area (Å²) in [6.45, 7) is 13.9. The lowest BCUT2D eigenvalue weighted by atomic mass is 10.2. The van der Waals surface area contributed by atoms with Crippen LogP contribution in [-0.2, 0) is 0 Å². The average molecular weight is 313 g/mol. The highest BCUT2D eigenvalue weighted by Gasteiger charge is 2.41. The van der Waals surface area contributed by atoms with E-state index in [2.05, 4.69) is 64.8 Å². The smallest absolute Gasteiger partial charge is 0.147 e. The third-order valence-corrected chi connectivity index (χ3v) is 10.8. The van der Waals surface area contributed by atoms with E-state index < -0.39 is 8.07 Å². The molecule has 0 saturated heterocycles. The predicted molar refractivity (Wildman–Crippen MR) is 98.7 cm³/mol. The summed E-state index contributed by atoms with van der Waals surface area (Å²) in [7, 11) is -0.0154. The van der Waals surface area contributed by atoms with Gasteiger partial charge in [-0.3, -0.25) is 0 Å². The van der Waals surface area contributed by atoms with Gasteiger partial charge < -0.3 is 4.74 Å². The zero-order valence-electron chi connectivity index (χ0n) is 14.9. The Morgan fingerprint density at radius 3 is 1.91 bits per heavy atom. The summed E-state index contributed by atoms with van der Waals surface area (Å²) in [5, 5.41) is 0. The van der Waals surface area contributed by atoms with Gasteiger partial charge in [-0.05, 0) is 46.5 Å². The summed E-state index contributed by atoms with van der Waals surface area (Å²) >= 11 is 0. The minimum absolute atomic E-state index is 0.632. The Hall–Kier alpha value is -1.64. The molecule has 0 aliphatic heterocycles. The van der Waals surface area contributed by atoms with Crippen LogP contribution in [0.4, 0.5) is 0 Å². The van der Waals surface area contributed by atoms with E-state index in [1.165, 1.54) is 0 Å². The number of hydrogen-bond donors (Lipinski definition) is 0. The van der Waals surface area contributed by atoms with E-state index in [1.807, 2.05) is 24.3 Å². The van der Waals surface area contributed by atoms with Crippen molar-refractivity contribution in [3.05, 3.63) is 29.8 Å². The van der Waals surface area contributed by atoms with Crippen LogP contribution < -0.4 is 4.74 Å². The second-order valence-electron chi connectivity index (χ2n) is 6.60. The van der Waals surface area contributed by atoms with Gasteiger partial charge in [-0.15, -0.1) is 5.54 Å². The van der Waals surface area contributed by atoms with E-state index in [0.717, 1.165) is 11.3 Å². The Morgan fingerprint density at radius 1 is 0.864 bits per heavy atom. The van der Waals surface area contributed by atoms with Crippen LogP contribution in [-0.4, -0.2) is 15.2 Å². The maximum absolute atomic E-state index is 5.32. The second-order valence-corrected chi connectivity index (χ2v) is 12.2. The SMILES string of the molecule is COc1ccccc1C#CC#C[Si](C(C)C)(C(C)C)C(C)C. The van der Waals surface area contributed by atoms with Gasteiger partial charge in [0.1, 0.15) is 13.8 Å². The first kappa shape index (κ1) is 18.4. The highest BCUT2D eigenvalue weighted by molar-refractivity contribution is 6.90. The van der Waals surface area contributed by atoms with Crippen molar-refractivity contribution in [2.45, 2.75) is 58.2 Å². The number of ether oxygens (including phenoxy) is 1. The van der Waals surface area contributed by atoms with Gasteiger partial charge in [0.2, 0.25) is 0 Å². The highest BCUT2D eigenvalue weighted by Crippen LogP contribution is 2.40. The Morgan fingerprint density at radius 2 is 1.41 bits per heavy atom. The topological polar surface area (TPSA) is 9.23 Å². The molecule has 2 heteroatoms. The standard InChI is InChI=1S/C20H28OSi/c1-16(2)22(17(3)4,18(5)6)15-11-10-13-19-12-8-9-14-20(19)21-7/h8-9,12,14,16-18H,1-7H3. The van der Waals surface area contributed by atoms with E-state index in [-0.39, 0.29) is 0 Å². The van der Waals surface area contributed by atoms with Gasteiger partial charge in [-0.25, -0.2) is 0 Å². The molecule has 0 unspecified atom stereocenters. The molecule has 22 heavy (non-hydrogen) atoms. The summed E-state index contributed by atoms with van der Waals surface area (Å²) in [5.41, 5.74) is 6.40. The minimum atomic E-state index is -1.68. The normalized spacial score (nSPS) is 11.0. The summed E-state index contributed by atoms with van der Waals surface area (Å²) < 4.78 is 5.32. The van der Waals surface area contributed by atoms with Crippen molar-refractivity contribution < 1.29 is 4.74 Å². The molecule has 0 saturated carbocycles. The van der Waals surface area contributed by atoms with Crippen molar-refractivity contribution in [1.29, 1.82) is 0 Å². The van der Waals surface area contributed by atoms with Gasteiger partial charge in [0, 0.05) is 0 Å². The Balaban J connectivity index is 3.14. The first-order chi connectivity index (χ1) is 10.4. The zero-order valence-corrected chi connectivity index (χ0v) is 15.9. The number of hydrogen-bond acceptors (Lipinski definition) is 1. The van der Waals surface area contributed by atoms with Crippen molar-refractivity contribution in [2.75, 3.05) is 7.11 Å². The zero-order chi connectivity index (χ0) is 16.8. The maximum atomic E-state index is 5.32. The van der Waals surface area contributed by atoms with Crippen LogP contribution in [0.1, 0.15) is 47.1 Å². The van der Waals surface area contributed by atoms with Crippen LogP contribution in [0.2, 0.25) is 16.6 Å². The molecule has 0 radical (unpaired) electrons. The van der Waals surface area contributed by atoms with E-state index in [9.17, 15) is 0 Å². The van der Waals surface area contributed by atoms with Crippen molar-refractivity contribution in [3.8, 4) is 29.1 Å². The summed E-state index contributed by atoms with van der Waals surface area (Å²) in [4.78, 5) is 0. The lowest BCUT2D eigenvalue weighted by molar-refractivity contribution is 0.413. The monoisotopic (exact) mass is 312 g/mol. The van der Waals surface area contributed by atoms with Gasteiger partial charge >= 0.3 is 0 Å². The third-order valence-electron chi connectivity index (χ3n) is 4.51. The van der Waals surface area contributed by atoms with Gasteiger partial charge in [-0.1, -0.05) is 53.7 Å². The molecular formula is C20H28OSi. The van der Waals surface area contributed by atoms with Gasteiger partial charge in [0.25, 0.3) is 0 Å². The molecule has 118 valence electrons. The fourth-order valence-corrected chi connectivity index (χ4v) is 8.56. The van der Waals surface area contributed by atoms with Crippen LogP contribution in [0.3, 0.4) is 0 Å². The Kier molecular flexibility index (Phi) is 6.79. The van der Waals surface area contributed by atoms with Crippen LogP contribution in [0, 0.1) is 23.3 Å². The lowest BCUT2D eigenvalue weighted by Gasteiger charge is -2.37. The summed E-state index contributed by atoms with van der Waals surface area (Å²) in [6.07, 6.45) is 0. The Bertz CT molecular complexity index is 584. The summed E-state index contributed by atoms with van der Waals surface area (Å²) in [5.74, 6) is 10.1. The lowest BCUT2D eigenvalue weighted by Crippen LogP contribution is -2.43. The summed E-state index contributed by atoms with van der Waals surface area (Å²) in [6, 6.07) is 7.80. The average Bonchev–Trinajstić information content (AvgIpc) is 2.46. The van der Waals surface area contributed by atoms with E-state index >= 15 is 0 Å². The molecule has 0 amide bonds. The number of para-hydroxylation sites is 1. The number of methoxy groups -OCH3 is 1. The molecule has 0 aromatic heterocycles. The van der Waals surface area contributed by atoms with E-state index in [0.29, 0.717) is 16.6 Å². The fourth-order valence-electron chi connectivity index (χ4n) is 3.42. The second kappa shape index (κ2) is 8.11. The molecule has 0 heterocycles. The van der Waals surface area contributed by atoms with Crippen LogP contribution >= 0.6 is 0 Å². The third kappa shape index (κ3) is 3.96. The van der Waals surface area contributed by atoms with Crippen LogP contribution in [0.15, 0.2) is 24.3 Å². The van der Waals surface area contributed by atoms with Crippen molar-refractivity contribution >= 4 is 8.07 Å². The van der Waals surface area contributed by atoms with Gasteiger partial charge in [0.05, 0.1) is 12.7 Å². The molecule has 0 aliphatic rings. The molecule has 0 atom stereocenters. The largest absolute Gasteiger partial charge is 0.495 e. The van der Waals surface area contributed by atoms with Crippen LogP contribution in [0.25, 0.3) is 0 Å². The molecule has 1 aromatic carbocycles. The fraction of sp³-hybridized carbons (Fsp3) is 0.500. The quantitative estimate of drug-likeness (QED) is 0.544. The highest BCUT2D eigenvalue weighted by atomic mass is 28.3. The molecule has 1 nitrogen and oxygen atoms in total. The van der Waals surface area contributed by atoms with Crippen molar-refractivity contribution in [1.82, 2.24) is 0 Å². The first-order valence-electron chi connectivity index (χ1n) is 8.02. The Labute approximate surface area is 137 Å². The van der Waals surface area contributed by atoms with Crippen molar-refractivity contribution in [2.24, 2.45) is 0 Å². The van der Waals surface area contributed by atoms with Crippen LogP contribution in [0.5, 0.6) is 5.75 Å². The maximum Gasteiger partial charge on any atom is 0.147 e. The molecule has 0 bridgehead atoms. The molecule has 0 aliphatic carbocycles. The minimum Gasteiger partial charge on any atom is -0.495 e. The molecule has 0 fully saturated rings. The molecule has 1 rings (SSSR count). The molecular weight excluding hydrogens is 284 g/mol. The van der Waals surface area contributed by atoms with Crippen molar-refractivity contribution in [3.63, 3.8) is 0 Å². The van der Waals surface area contributed by atoms with E-state index in [1.54, 1.807) is 7.11 Å². The van der Waals surface area contributed by atoms with Gasteiger partial charge in [-0.2, -0.15) is 0 Å². The first-order valence-corrected chi connectivity index (χ1v) is 10.3. The predicted octanol–water partition coefficient (Wildman–Crippen LogP) is 5.27.